The van der Waals surface area contributed by atoms with Crippen LogP contribution in [-0.4, -0.2) is 29.5 Å². The standard InChI is InChI=1S/C12H19NO3/c1-6-12(4,5)10(14)13-9(8(2)3)7-16-11(13)15/h6,8-9H,1,7H2,2-5H3/t9-/m1/s1/i4D3/t9-,12+. The van der Waals surface area contributed by atoms with Gasteiger partial charge >= 0.3 is 6.09 Å². The Morgan fingerprint density at radius 2 is 2.44 bits per heavy atom. The number of imide groups is 1. The van der Waals surface area contributed by atoms with Gasteiger partial charge in [-0.3, -0.25) is 4.79 Å². The van der Waals surface area contributed by atoms with Gasteiger partial charge in [-0.25, -0.2) is 9.69 Å². The number of carbonyl (C=O) groups excluding carboxylic acids is 2. The molecule has 0 radical (unpaired) electrons. The third kappa shape index (κ3) is 2.10. The van der Waals surface area contributed by atoms with Crippen LogP contribution >= 0.6 is 0 Å². The van der Waals surface area contributed by atoms with E-state index in [4.69, 9.17) is 8.85 Å². The molecule has 0 spiro atoms. The largest absolute Gasteiger partial charge is 0.447 e. The molecule has 1 saturated heterocycles. The minimum atomic E-state index is -2.57. The van der Waals surface area contributed by atoms with Crippen molar-refractivity contribution in [2.45, 2.75) is 33.7 Å². The zero-order valence-corrected chi connectivity index (χ0v) is 9.82. The third-order valence-electron chi connectivity index (χ3n) is 2.75. The second-order valence-corrected chi connectivity index (χ2v) is 4.47. The lowest BCUT2D eigenvalue weighted by Gasteiger charge is -2.29. The molecular formula is C12H19NO3. The van der Waals surface area contributed by atoms with Gasteiger partial charge in [0.05, 0.1) is 11.5 Å². The van der Waals surface area contributed by atoms with Crippen molar-refractivity contribution in [3.8, 4) is 0 Å². The molecule has 0 unspecified atom stereocenters. The van der Waals surface area contributed by atoms with E-state index in [1.54, 1.807) is 0 Å². The summed E-state index contributed by atoms with van der Waals surface area (Å²) in [4.78, 5) is 25.1. The summed E-state index contributed by atoms with van der Waals surface area (Å²) in [6, 6.07) is -0.443. The van der Waals surface area contributed by atoms with Gasteiger partial charge in [-0.1, -0.05) is 19.9 Å². The summed E-state index contributed by atoms with van der Waals surface area (Å²) >= 11 is 0. The molecule has 1 aliphatic rings. The molecule has 1 fully saturated rings. The first-order valence-electron chi connectivity index (χ1n) is 6.70. The topological polar surface area (TPSA) is 46.6 Å². The molecule has 1 heterocycles. The van der Waals surface area contributed by atoms with Crippen LogP contribution in [0.2, 0.25) is 0 Å². The van der Waals surface area contributed by atoms with E-state index in [2.05, 4.69) is 6.58 Å². The zero-order valence-electron chi connectivity index (χ0n) is 12.8. The maximum Gasteiger partial charge on any atom is 0.417 e. The highest BCUT2D eigenvalue weighted by Gasteiger charge is 2.43. The van der Waals surface area contributed by atoms with E-state index >= 15 is 0 Å². The lowest BCUT2D eigenvalue weighted by atomic mass is 9.90. The Morgan fingerprint density at radius 1 is 1.81 bits per heavy atom. The first kappa shape index (κ1) is 8.79. The summed E-state index contributed by atoms with van der Waals surface area (Å²) in [6.07, 6.45) is 0.284. The van der Waals surface area contributed by atoms with Gasteiger partial charge in [-0.15, -0.1) is 6.58 Å². The highest BCUT2D eigenvalue weighted by Crippen LogP contribution is 2.27. The first-order chi connectivity index (χ1) is 8.56. The molecule has 4 nitrogen and oxygen atoms in total. The zero-order chi connectivity index (χ0) is 15.0. The summed E-state index contributed by atoms with van der Waals surface area (Å²) in [5.74, 6) is -0.801. The van der Waals surface area contributed by atoms with Crippen LogP contribution in [0.25, 0.3) is 0 Å². The minimum Gasteiger partial charge on any atom is -0.447 e. The summed E-state index contributed by atoms with van der Waals surface area (Å²) < 4.78 is 27.3. The van der Waals surface area contributed by atoms with Crippen LogP contribution in [0.4, 0.5) is 4.79 Å². The second kappa shape index (κ2) is 4.28. The van der Waals surface area contributed by atoms with Crippen LogP contribution in [0.3, 0.4) is 0 Å². The quantitative estimate of drug-likeness (QED) is 0.696. The van der Waals surface area contributed by atoms with Crippen LogP contribution in [0.15, 0.2) is 12.7 Å². The van der Waals surface area contributed by atoms with Crippen molar-refractivity contribution in [2.24, 2.45) is 11.3 Å². The van der Waals surface area contributed by atoms with Crippen molar-refractivity contribution in [1.29, 1.82) is 0 Å². The number of cyclic esters (lactones) is 1. The Balaban J connectivity index is 3.17. The number of rotatable bonds is 3. The average molecular weight is 228 g/mol. The van der Waals surface area contributed by atoms with E-state index < -0.39 is 30.3 Å². The number of carbonyl (C=O) groups is 2. The molecule has 16 heavy (non-hydrogen) atoms. The molecule has 2 amide bonds. The summed E-state index contributed by atoms with van der Waals surface area (Å²) in [7, 11) is 0. The van der Waals surface area contributed by atoms with E-state index in [1.165, 1.54) is 6.92 Å². The molecule has 0 aromatic heterocycles. The van der Waals surface area contributed by atoms with E-state index in [-0.39, 0.29) is 12.5 Å². The molecule has 0 bridgehead atoms. The molecular weight excluding hydrogens is 206 g/mol. The van der Waals surface area contributed by atoms with Crippen LogP contribution < -0.4 is 0 Å². The van der Waals surface area contributed by atoms with Crippen LogP contribution in [0, 0.1) is 11.3 Å². The van der Waals surface area contributed by atoms with Crippen LogP contribution in [-0.2, 0) is 9.53 Å². The third-order valence-corrected chi connectivity index (χ3v) is 2.75. The van der Waals surface area contributed by atoms with E-state index in [0.29, 0.717) is 0 Å². The van der Waals surface area contributed by atoms with Gasteiger partial charge in [0, 0.05) is 4.11 Å². The SMILES string of the molecule is [2H]C([2H])([2H])[C@](C)(C=C)C(=O)N1C(=O)OC[C@@H]1C(C)C. The molecule has 0 aliphatic carbocycles. The van der Waals surface area contributed by atoms with Crippen molar-refractivity contribution in [3.63, 3.8) is 0 Å². The average Bonchev–Trinajstić information content (AvgIpc) is 2.67. The van der Waals surface area contributed by atoms with Crippen LogP contribution in [0.1, 0.15) is 31.7 Å². The first-order valence-corrected chi connectivity index (χ1v) is 5.20. The van der Waals surface area contributed by atoms with Gasteiger partial charge in [0.2, 0.25) is 5.91 Å². The second-order valence-electron chi connectivity index (χ2n) is 4.47. The van der Waals surface area contributed by atoms with Gasteiger partial charge < -0.3 is 4.74 Å². The van der Waals surface area contributed by atoms with E-state index in [1.807, 2.05) is 13.8 Å². The highest BCUT2D eigenvalue weighted by atomic mass is 16.6. The Labute approximate surface area is 100 Å². The Kier molecular flexibility index (Phi) is 2.35. The number of hydrogen-bond acceptors (Lipinski definition) is 3. The van der Waals surface area contributed by atoms with Crippen molar-refractivity contribution in [3.05, 3.63) is 12.7 Å². The van der Waals surface area contributed by atoms with Gasteiger partial charge in [0.25, 0.3) is 0 Å². The Bertz CT molecular complexity index is 406. The van der Waals surface area contributed by atoms with E-state index in [0.717, 1.165) is 11.0 Å². The molecule has 0 aromatic carbocycles. The van der Waals surface area contributed by atoms with E-state index in [9.17, 15) is 9.59 Å². The molecule has 2 atom stereocenters. The maximum atomic E-state index is 12.5. The Hall–Kier alpha value is -1.32. The van der Waals surface area contributed by atoms with Gasteiger partial charge in [-0.2, -0.15) is 0 Å². The lowest BCUT2D eigenvalue weighted by Crippen LogP contribution is -2.47. The number of amides is 2. The van der Waals surface area contributed by atoms with Crippen molar-refractivity contribution >= 4 is 12.0 Å². The Morgan fingerprint density at radius 3 is 2.88 bits per heavy atom. The van der Waals surface area contributed by atoms with Gasteiger partial charge in [0.1, 0.15) is 6.61 Å². The molecule has 0 N–H and O–H groups in total. The number of hydrogen-bond donors (Lipinski definition) is 0. The lowest BCUT2D eigenvalue weighted by molar-refractivity contribution is -0.136. The van der Waals surface area contributed by atoms with Crippen molar-refractivity contribution in [1.82, 2.24) is 4.90 Å². The van der Waals surface area contributed by atoms with Gasteiger partial charge in [-0.05, 0) is 19.7 Å². The summed E-state index contributed by atoms with van der Waals surface area (Å²) in [5.41, 5.74) is -1.80. The maximum absolute atomic E-state index is 12.5. The molecule has 1 rings (SSSR count). The fraction of sp³-hybridized carbons (Fsp3) is 0.667. The summed E-state index contributed by atoms with van der Waals surface area (Å²) in [5, 5.41) is 0. The molecule has 0 saturated carbocycles. The number of nitrogens with zero attached hydrogens (tertiary/aromatic N) is 1. The van der Waals surface area contributed by atoms with Crippen molar-refractivity contribution in [2.75, 3.05) is 6.61 Å². The molecule has 4 heteroatoms. The number of ether oxygens (including phenoxy) is 1. The predicted molar refractivity (Wildman–Crippen MR) is 60.8 cm³/mol. The molecule has 1 aliphatic heterocycles. The molecule has 90 valence electrons. The van der Waals surface area contributed by atoms with Crippen LogP contribution in [0.5, 0.6) is 0 Å². The fourth-order valence-electron chi connectivity index (χ4n) is 1.50. The van der Waals surface area contributed by atoms with Gasteiger partial charge in [0.15, 0.2) is 0 Å². The van der Waals surface area contributed by atoms with Crippen molar-refractivity contribution < 1.29 is 18.4 Å². The summed E-state index contributed by atoms with van der Waals surface area (Å²) in [6.45, 7) is 5.89. The predicted octanol–water partition coefficient (Wildman–Crippen LogP) is 2.20. The highest BCUT2D eigenvalue weighted by molar-refractivity contribution is 5.97. The normalized spacial score (nSPS) is 27.8. The molecule has 0 aromatic rings. The monoisotopic (exact) mass is 228 g/mol. The smallest absolute Gasteiger partial charge is 0.417 e. The minimum absolute atomic E-state index is 0.0129. The fourth-order valence-corrected chi connectivity index (χ4v) is 1.50.